The summed E-state index contributed by atoms with van der Waals surface area (Å²) < 4.78 is 0. The van der Waals surface area contributed by atoms with Crippen LogP contribution in [0.15, 0.2) is 0 Å². The topological polar surface area (TPSA) is 56.4 Å². The standard InChI is InChI=1S/C14H28N4O/c19-14(17-12-13-6-2-3-7-15-13)16-8-11-18-9-4-1-5-10-18/h13,15H,1-12H2,(H2,16,17,19). The maximum atomic E-state index is 11.7. The molecule has 2 rings (SSSR count). The van der Waals surface area contributed by atoms with Crippen LogP contribution >= 0.6 is 0 Å². The molecule has 19 heavy (non-hydrogen) atoms. The lowest BCUT2D eigenvalue weighted by Crippen LogP contribution is -2.47. The Balaban J connectivity index is 1.49. The minimum absolute atomic E-state index is 0.0237. The van der Waals surface area contributed by atoms with Gasteiger partial charge in [0.25, 0.3) is 0 Å². The van der Waals surface area contributed by atoms with Gasteiger partial charge in [-0.3, -0.25) is 0 Å². The van der Waals surface area contributed by atoms with Crippen LogP contribution in [-0.2, 0) is 0 Å². The Morgan fingerprint density at radius 3 is 2.68 bits per heavy atom. The first-order valence-electron chi connectivity index (χ1n) is 7.82. The van der Waals surface area contributed by atoms with E-state index in [-0.39, 0.29) is 6.03 Å². The van der Waals surface area contributed by atoms with Crippen molar-refractivity contribution < 1.29 is 4.79 Å². The number of amides is 2. The Labute approximate surface area is 116 Å². The zero-order chi connectivity index (χ0) is 13.3. The summed E-state index contributed by atoms with van der Waals surface area (Å²) in [7, 11) is 0. The van der Waals surface area contributed by atoms with Gasteiger partial charge >= 0.3 is 6.03 Å². The number of nitrogens with one attached hydrogen (secondary N) is 3. The summed E-state index contributed by atoms with van der Waals surface area (Å²) in [5, 5.41) is 9.34. The Kier molecular flexibility index (Phi) is 6.44. The first-order valence-corrected chi connectivity index (χ1v) is 7.82. The lowest BCUT2D eigenvalue weighted by Gasteiger charge is -2.26. The monoisotopic (exact) mass is 268 g/mol. The van der Waals surface area contributed by atoms with Crippen molar-refractivity contribution in [3.05, 3.63) is 0 Å². The zero-order valence-corrected chi connectivity index (χ0v) is 11.9. The maximum Gasteiger partial charge on any atom is 0.314 e. The molecule has 2 saturated heterocycles. The second-order valence-electron chi connectivity index (χ2n) is 5.69. The first-order chi connectivity index (χ1) is 9.34. The number of nitrogens with zero attached hydrogens (tertiary/aromatic N) is 1. The van der Waals surface area contributed by atoms with E-state index >= 15 is 0 Å². The minimum atomic E-state index is -0.0237. The SMILES string of the molecule is O=C(NCCN1CCCCC1)NCC1CCCCN1. The van der Waals surface area contributed by atoms with Crippen molar-refractivity contribution >= 4 is 6.03 Å². The van der Waals surface area contributed by atoms with E-state index < -0.39 is 0 Å². The molecule has 0 aromatic heterocycles. The van der Waals surface area contributed by atoms with Crippen LogP contribution in [0.1, 0.15) is 38.5 Å². The highest BCUT2D eigenvalue weighted by atomic mass is 16.2. The van der Waals surface area contributed by atoms with E-state index in [1.165, 1.54) is 51.6 Å². The molecule has 110 valence electrons. The summed E-state index contributed by atoms with van der Waals surface area (Å²) in [6.07, 6.45) is 7.68. The molecule has 2 heterocycles. The molecule has 2 fully saturated rings. The van der Waals surface area contributed by atoms with E-state index in [4.69, 9.17) is 0 Å². The maximum absolute atomic E-state index is 11.7. The summed E-state index contributed by atoms with van der Waals surface area (Å²) in [6.45, 7) is 5.95. The summed E-state index contributed by atoms with van der Waals surface area (Å²) in [5.41, 5.74) is 0. The van der Waals surface area contributed by atoms with Crippen molar-refractivity contribution in [2.75, 3.05) is 39.3 Å². The normalized spacial score (nSPS) is 24.9. The zero-order valence-electron chi connectivity index (χ0n) is 11.9. The van der Waals surface area contributed by atoms with E-state index in [1.807, 2.05) is 0 Å². The largest absolute Gasteiger partial charge is 0.337 e. The molecule has 2 aliphatic heterocycles. The molecule has 2 amide bonds. The molecule has 5 nitrogen and oxygen atoms in total. The number of piperidine rings is 2. The lowest BCUT2D eigenvalue weighted by molar-refractivity contribution is 0.219. The van der Waals surface area contributed by atoms with Crippen LogP contribution in [0, 0.1) is 0 Å². The highest BCUT2D eigenvalue weighted by Crippen LogP contribution is 2.07. The van der Waals surface area contributed by atoms with Gasteiger partial charge in [0.05, 0.1) is 0 Å². The fourth-order valence-corrected chi connectivity index (χ4v) is 2.89. The molecule has 5 heteroatoms. The van der Waals surface area contributed by atoms with E-state index in [0.717, 1.165) is 26.2 Å². The van der Waals surface area contributed by atoms with Crippen molar-refractivity contribution in [1.29, 1.82) is 0 Å². The Morgan fingerprint density at radius 2 is 1.95 bits per heavy atom. The smallest absolute Gasteiger partial charge is 0.314 e. The second kappa shape index (κ2) is 8.38. The van der Waals surface area contributed by atoms with Gasteiger partial charge in [0.2, 0.25) is 0 Å². The summed E-state index contributed by atoms with van der Waals surface area (Å²) in [6, 6.07) is 0.436. The van der Waals surface area contributed by atoms with Gasteiger partial charge < -0.3 is 20.9 Å². The van der Waals surface area contributed by atoms with Crippen molar-refractivity contribution in [3.63, 3.8) is 0 Å². The molecule has 1 atom stereocenters. The van der Waals surface area contributed by atoms with Gasteiger partial charge in [0, 0.05) is 25.7 Å². The van der Waals surface area contributed by atoms with Crippen LogP contribution in [0.3, 0.4) is 0 Å². The van der Waals surface area contributed by atoms with Crippen LogP contribution in [0.2, 0.25) is 0 Å². The molecule has 1 unspecified atom stereocenters. The third-order valence-electron chi connectivity index (χ3n) is 4.08. The van der Waals surface area contributed by atoms with Crippen molar-refractivity contribution in [2.45, 2.75) is 44.6 Å². The summed E-state index contributed by atoms with van der Waals surface area (Å²) in [4.78, 5) is 14.1. The van der Waals surface area contributed by atoms with Crippen LogP contribution in [-0.4, -0.2) is 56.2 Å². The Hall–Kier alpha value is -0.810. The van der Waals surface area contributed by atoms with Gasteiger partial charge in [0.1, 0.15) is 0 Å². The molecule has 0 spiro atoms. The van der Waals surface area contributed by atoms with Crippen molar-refractivity contribution in [2.24, 2.45) is 0 Å². The van der Waals surface area contributed by atoms with Gasteiger partial charge in [-0.15, -0.1) is 0 Å². The van der Waals surface area contributed by atoms with Gasteiger partial charge in [-0.1, -0.05) is 12.8 Å². The van der Waals surface area contributed by atoms with E-state index in [0.29, 0.717) is 6.04 Å². The molecular weight excluding hydrogens is 240 g/mol. The van der Waals surface area contributed by atoms with Gasteiger partial charge in [-0.05, 0) is 45.3 Å². The Morgan fingerprint density at radius 1 is 1.11 bits per heavy atom. The predicted molar refractivity (Wildman–Crippen MR) is 77.3 cm³/mol. The first kappa shape index (κ1) is 14.6. The summed E-state index contributed by atoms with van der Waals surface area (Å²) in [5.74, 6) is 0. The van der Waals surface area contributed by atoms with Crippen LogP contribution < -0.4 is 16.0 Å². The number of hydrogen-bond acceptors (Lipinski definition) is 3. The van der Waals surface area contributed by atoms with Crippen molar-refractivity contribution in [3.8, 4) is 0 Å². The molecule has 0 bridgehead atoms. The van der Waals surface area contributed by atoms with E-state index in [9.17, 15) is 4.79 Å². The highest BCUT2D eigenvalue weighted by Gasteiger charge is 2.13. The van der Waals surface area contributed by atoms with Crippen molar-refractivity contribution in [1.82, 2.24) is 20.9 Å². The van der Waals surface area contributed by atoms with Gasteiger partial charge in [0.15, 0.2) is 0 Å². The second-order valence-corrected chi connectivity index (χ2v) is 5.69. The third-order valence-corrected chi connectivity index (χ3v) is 4.08. The predicted octanol–water partition coefficient (Wildman–Crippen LogP) is 0.914. The highest BCUT2D eigenvalue weighted by molar-refractivity contribution is 5.73. The fourth-order valence-electron chi connectivity index (χ4n) is 2.89. The van der Waals surface area contributed by atoms with E-state index in [1.54, 1.807) is 0 Å². The molecular formula is C14H28N4O. The number of carbonyl (C=O) groups excluding carboxylic acids is 1. The molecule has 0 aromatic carbocycles. The number of urea groups is 1. The molecule has 2 aliphatic rings. The number of hydrogen-bond donors (Lipinski definition) is 3. The third kappa shape index (κ3) is 5.78. The van der Waals surface area contributed by atoms with Crippen LogP contribution in [0.4, 0.5) is 4.79 Å². The van der Waals surface area contributed by atoms with Crippen LogP contribution in [0.25, 0.3) is 0 Å². The molecule has 0 aromatic rings. The quantitative estimate of drug-likeness (QED) is 0.695. The fraction of sp³-hybridized carbons (Fsp3) is 0.929. The molecule has 0 aliphatic carbocycles. The van der Waals surface area contributed by atoms with Gasteiger partial charge in [-0.2, -0.15) is 0 Å². The van der Waals surface area contributed by atoms with Crippen LogP contribution in [0.5, 0.6) is 0 Å². The minimum Gasteiger partial charge on any atom is -0.337 e. The lowest BCUT2D eigenvalue weighted by atomic mass is 10.1. The molecule has 3 N–H and O–H groups in total. The van der Waals surface area contributed by atoms with Gasteiger partial charge in [-0.25, -0.2) is 4.79 Å². The number of rotatable bonds is 5. The average Bonchev–Trinajstić information content (AvgIpc) is 2.47. The summed E-state index contributed by atoms with van der Waals surface area (Å²) >= 11 is 0. The Bertz CT molecular complexity index is 260. The van der Waals surface area contributed by atoms with E-state index in [2.05, 4.69) is 20.9 Å². The molecule has 0 radical (unpaired) electrons. The average molecular weight is 268 g/mol. The number of carbonyl (C=O) groups is 1. The number of likely N-dealkylation sites (tertiary alicyclic amines) is 1. The molecule has 0 saturated carbocycles.